The van der Waals surface area contributed by atoms with Crippen molar-refractivity contribution in [2.45, 2.75) is 30.8 Å². The largest absolute Gasteiger partial charge is 0.481 e. The van der Waals surface area contributed by atoms with Crippen LogP contribution < -0.4 is 0 Å². The molecular weight excluding hydrogens is 426 g/mol. The van der Waals surface area contributed by atoms with Crippen LogP contribution in [0.2, 0.25) is 0 Å². The van der Waals surface area contributed by atoms with Gasteiger partial charge in [-0.25, -0.2) is 0 Å². The SMILES string of the molecule is O=C(O)CCc1ccccn1.O=P(O)(O)C(O)(CCc1ccccn1)P(=O)(O)O. The first-order chi connectivity index (χ1) is 13.4. The minimum atomic E-state index is -5.38. The van der Waals surface area contributed by atoms with E-state index in [4.69, 9.17) is 24.7 Å². The molecule has 0 radical (unpaired) electrons. The smallest absolute Gasteiger partial charge is 0.369 e. The number of aryl methyl sites for hydroxylation is 2. The van der Waals surface area contributed by atoms with Gasteiger partial charge in [-0.05, 0) is 30.7 Å². The number of carboxylic acids is 1. The van der Waals surface area contributed by atoms with E-state index in [1.807, 2.05) is 18.2 Å². The third kappa shape index (κ3) is 8.12. The third-order valence-electron chi connectivity index (χ3n) is 3.70. The second-order valence-electron chi connectivity index (χ2n) is 5.90. The van der Waals surface area contributed by atoms with Crippen molar-refractivity contribution in [3.63, 3.8) is 0 Å². The quantitative estimate of drug-likeness (QED) is 0.316. The lowest BCUT2D eigenvalue weighted by Crippen LogP contribution is -2.29. The van der Waals surface area contributed by atoms with Crippen LogP contribution in [0.25, 0.3) is 0 Å². The highest BCUT2D eigenvalue weighted by atomic mass is 31.2. The Morgan fingerprint density at radius 3 is 1.66 bits per heavy atom. The molecule has 0 aromatic carbocycles. The van der Waals surface area contributed by atoms with Crippen LogP contribution in [0.15, 0.2) is 48.8 Å². The fraction of sp³-hybridized carbons (Fsp3) is 0.312. The number of hydrogen-bond donors (Lipinski definition) is 6. The molecule has 160 valence electrons. The summed E-state index contributed by atoms with van der Waals surface area (Å²) in [5, 5.41) is 14.6. The Balaban J connectivity index is 0.000000326. The summed E-state index contributed by atoms with van der Waals surface area (Å²) in [5.41, 5.74) is 1.19. The second kappa shape index (κ2) is 10.7. The first kappa shape index (κ1) is 25.1. The maximum Gasteiger partial charge on any atom is 0.369 e. The Kier molecular flexibility index (Phi) is 9.25. The molecule has 2 aromatic rings. The molecule has 0 bridgehead atoms. The lowest BCUT2D eigenvalue weighted by atomic mass is 10.2. The number of carbonyl (C=O) groups is 1. The standard InChI is InChI=1S/C8H13NO7P2.C8H9NO2/c10-8(17(11,12)13,18(14,15)16)5-4-7-3-1-2-6-9-7;10-8(11)5-4-7-3-1-2-6-9-7/h1-3,6,10H,4-5H2,(H2,11,12,13)(H2,14,15,16);1-3,6H,4-5H2,(H,10,11). The zero-order chi connectivity index (χ0) is 22.1. The van der Waals surface area contributed by atoms with Gasteiger partial charge in [0.25, 0.3) is 5.08 Å². The van der Waals surface area contributed by atoms with Crippen LogP contribution in [-0.4, -0.2) is 50.8 Å². The Morgan fingerprint density at radius 2 is 1.31 bits per heavy atom. The van der Waals surface area contributed by atoms with E-state index in [-0.39, 0.29) is 12.8 Å². The van der Waals surface area contributed by atoms with E-state index in [1.165, 1.54) is 12.3 Å². The summed E-state index contributed by atoms with van der Waals surface area (Å²) < 4.78 is 22.1. The van der Waals surface area contributed by atoms with E-state index in [0.717, 1.165) is 5.69 Å². The van der Waals surface area contributed by atoms with Gasteiger partial charge < -0.3 is 29.8 Å². The predicted octanol–water partition coefficient (Wildman–Crippen LogP) is 1.11. The molecule has 11 nitrogen and oxygen atoms in total. The number of aromatic nitrogens is 2. The maximum absolute atomic E-state index is 11.1. The van der Waals surface area contributed by atoms with Gasteiger partial charge in [0, 0.05) is 36.6 Å². The van der Waals surface area contributed by atoms with E-state index in [2.05, 4.69) is 9.97 Å². The molecular formula is C16H22N2O9P2. The Hall–Kier alpha value is -1.97. The van der Waals surface area contributed by atoms with Crippen LogP contribution >= 0.6 is 15.2 Å². The Morgan fingerprint density at radius 1 is 0.862 bits per heavy atom. The van der Waals surface area contributed by atoms with Gasteiger partial charge in [-0.3, -0.25) is 23.9 Å². The van der Waals surface area contributed by atoms with E-state index in [0.29, 0.717) is 12.1 Å². The van der Waals surface area contributed by atoms with Gasteiger partial charge in [0.15, 0.2) is 0 Å². The molecule has 0 saturated carbocycles. The van der Waals surface area contributed by atoms with Gasteiger partial charge in [0.2, 0.25) is 0 Å². The fourth-order valence-electron chi connectivity index (χ4n) is 2.08. The number of aliphatic hydroxyl groups is 1. The summed E-state index contributed by atoms with van der Waals surface area (Å²) in [6.45, 7) is 0. The van der Waals surface area contributed by atoms with Crippen molar-refractivity contribution >= 4 is 21.2 Å². The van der Waals surface area contributed by atoms with Gasteiger partial charge in [0.05, 0.1) is 6.42 Å². The second-order valence-corrected chi connectivity index (χ2v) is 9.91. The molecule has 0 aliphatic rings. The number of hydrogen-bond acceptors (Lipinski definition) is 6. The Labute approximate surface area is 166 Å². The highest BCUT2D eigenvalue weighted by Gasteiger charge is 2.58. The average Bonchev–Trinajstić information content (AvgIpc) is 2.65. The first-order valence-electron chi connectivity index (χ1n) is 8.22. The molecule has 6 N–H and O–H groups in total. The number of pyridine rings is 2. The van der Waals surface area contributed by atoms with Crippen LogP contribution in [0.3, 0.4) is 0 Å². The van der Waals surface area contributed by atoms with E-state index in [9.17, 15) is 19.0 Å². The van der Waals surface area contributed by atoms with Crippen LogP contribution in [-0.2, 0) is 26.8 Å². The monoisotopic (exact) mass is 448 g/mol. The van der Waals surface area contributed by atoms with Crippen molar-refractivity contribution in [1.82, 2.24) is 9.97 Å². The van der Waals surface area contributed by atoms with E-state index in [1.54, 1.807) is 18.3 Å². The normalized spacial score (nSPS) is 12.0. The molecule has 2 heterocycles. The lowest BCUT2D eigenvalue weighted by Gasteiger charge is -2.28. The molecule has 0 atom stereocenters. The van der Waals surface area contributed by atoms with Crippen molar-refractivity contribution in [1.29, 1.82) is 0 Å². The summed E-state index contributed by atoms with van der Waals surface area (Å²) in [7, 11) is -10.8. The van der Waals surface area contributed by atoms with Gasteiger partial charge in [-0.15, -0.1) is 0 Å². The summed E-state index contributed by atoms with van der Waals surface area (Å²) in [6, 6.07) is 10.2. The molecule has 2 rings (SSSR count). The highest BCUT2D eigenvalue weighted by Crippen LogP contribution is 2.69. The third-order valence-corrected chi connectivity index (χ3v) is 7.57. The highest BCUT2D eigenvalue weighted by molar-refractivity contribution is 7.72. The van der Waals surface area contributed by atoms with Crippen LogP contribution in [0.1, 0.15) is 24.2 Å². The van der Waals surface area contributed by atoms with Crippen LogP contribution in [0, 0.1) is 0 Å². The molecule has 0 fully saturated rings. The van der Waals surface area contributed by atoms with Crippen LogP contribution in [0.5, 0.6) is 0 Å². The summed E-state index contributed by atoms with van der Waals surface area (Å²) in [4.78, 5) is 53.6. The minimum Gasteiger partial charge on any atom is -0.481 e. The van der Waals surface area contributed by atoms with Gasteiger partial charge in [0.1, 0.15) is 0 Å². The molecule has 0 aliphatic carbocycles. The zero-order valence-corrected chi connectivity index (χ0v) is 16.9. The van der Waals surface area contributed by atoms with Crippen molar-refractivity contribution < 1.29 is 43.7 Å². The molecule has 0 unspecified atom stereocenters. The van der Waals surface area contributed by atoms with Gasteiger partial charge >= 0.3 is 21.2 Å². The molecule has 0 spiro atoms. The summed E-state index contributed by atoms with van der Waals surface area (Å²) in [6.07, 6.45) is 2.78. The number of rotatable bonds is 8. The van der Waals surface area contributed by atoms with Gasteiger partial charge in [-0.2, -0.15) is 0 Å². The fourth-order valence-corrected chi connectivity index (χ4v) is 4.25. The van der Waals surface area contributed by atoms with Crippen molar-refractivity contribution in [3.05, 3.63) is 60.2 Å². The average molecular weight is 448 g/mol. The molecule has 0 aliphatic heterocycles. The topological polar surface area (TPSA) is 198 Å². The lowest BCUT2D eigenvalue weighted by molar-refractivity contribution is -0.136. The number of nitrogens with zero attached hydrogens (tertiary/aromatic N) is 2. The van der Waals surface area contributed by atoms with E-state index < -0.39 is 32.7 Å². The van der Waals surface area contributed by atoms with Crippen LogP contribution in [0.4, 0.5) is 0 Å². The molecule has 29 heavy (non-hydrogen) atoms. The van der Waals surface area contributed by atoms with Gasteiger partial charge in [-0.1, -0.05) is 12.1 Å². The Bertz CT molecular complexity index is 846. The zero-order valence-electron chi connectivity index (χ0n) is 15.1. The maximum atomic E-state index is 11.1. The molecule has 0 amide bonds. The number of carboxylic acid groups (broad SMARTS) is 1. The van der Waals surface area contributed by atoms with E-state index >= 15 is 0 Å². The molecule has 13 heteroatoms. The molecule has 0 saturated heterocycles. The van der Waals surface area contributed by atoms with Crippen molar-refractivity contribution in [3.8, 4) is 0 Å². The summed E-state index contributed by atoms with van der Waals surface area (Å²) in [5.74, 6) is -0.782. The first-order valence-corrected chi connectivity index (χ1v) is 11.4. The number of aliphatic carboxylic acids is 1. The van der Waals surface area contributed by atoms with Crippen molar-refractivity contribution in [2.24, 2.45) is 0 Å². The summed E-state index contributed by atoms with van der Waals surface area (Å²) >= 11 is 0. The molecule has 2 aromatic heterocycles. The minimum absolute atomic E-state index is 0.150. The van der Waals surface area contributed by atoms with Crippen molar-refractivity contribution in [2.75, 3.05) is 0 Å². The predicted molar refractivity (Wildman–Crippen MR) is 102 cm³/mol.